The minimum atomic E-state index is -1.05. The third kappa shape index (κ3) is 0.910. The number of hydrogen-bond acceptors (Lipinski definition) is 2. The first-order chi connectivity index (χ1) is 4.22. The van der Waals surface area contributed by atoms with Crippen LogP contribution in [-0.2, 0) is 7.05 Å². The van der Waals surface area contributed by atoms with E-state index in [0.717, 1.165) is 0 Å². The molecule has 0 unspecified atom stereocenters. The number of aryl methyl sites for hydroxylation is 1. The fourth-order valence-electron chi connectivity index (χ4n) is 0.538. The second kappa shape index (κ2) is 1.89. The molecule has 0 aliphatic heterocycles. The largest absolute Gasteiger partial charge is 0.471 e. The van der Waals surface area contributed by atoms with Gasteiger partial charge in [-0.1, -0.05) is 0 Å². The van der Waals surface area contributed by atoms with Gasteiger partial charge < -0.3 is 9.52 Å². The molecule has 0 atom stereocenters. The Balaban J connectivity index is 3.08. The van der Waals surface area contributed by atoms with Gasteiger partial charge in [-0.3, -0.25) is 0 Å². The fourth-order valence-corrected chi connectivity index (χ4v) is 0.538. The van der Waals surface area contributed by atoms with Crippen molar-refractivity contribution in [3.63, 3.8) is 0 Å². The van der Waals surface area contributed by atoms with Gasteiger partial charge in [0, 0.05) is 0 Å². The van der Waals surface area contributed by atoms with Gasteiger partial charge in [0.15, 0.2) is 6.26 Å². The van der Waals surface area contributed by atoms with Crippen molar-refractivity contribution in [2.75, 3.05) is 0 Å². The summed E-state index contributed by atoms with van der Waals surface area (Å²) in [5, 5.41) is 8.34. The van der Waals surface area contributed by atoms with Gasteiger partial charge in [0.05, 0.1) is 0 Å². The number of carboxylic acids is 1. The highest BCUT2D eigenvalue weighted by Gasteiger charge is 2.18. The number of carbonyl (C=O) groups is 1. The highest BCUT2D eigenvalue weighted by molar-refractivity contribution is 5.80. The van der Waals surface area contributed by atoms with E-state index in [2.05, 4.69) is 4.42 Å². The summed E-state index contributed by atoms with van der Waals surface area (Å²) in [6, 6.07) is 0. The molecule has 0 aromatic carbocycles. The van der Waals surface area contributed by atoms with Crippen LogP contribution in [-0.4, -0.2) is 11.1 Å². The van der Waals surface area contributed by atoms with Gasteiger partial charge >= 0.3 is 11.9 Å². The zero-order valence-electron chi connectivity index (χ0n) is 4.87. The maximum Gasteiger partial charge on any atom is 0.460 e. The van der Waals surface area contributed by atoms with E-state index < -0.39 is 5.97 Å². The van der Waals surface area contributed by atoms with Crippen molar-refractivity contribution in [2.24, 2.45) is 7.05 Å². The molecule has 0 aliphatic rings. The normalized spacial score (nSPS) is 9.44. The number of aromatic nitrogens is 1. The van der Waals surface area contributed by atoms with E-state index in [1.807, 2.05) is 0 Å². The molecule has 1 aromatic heterocycles. The van der Waals surface area contributed by atoms with Crippen LogP contribution in [0.2, 0.25) is 0 Å². The number of hydrogen-bond donors (Lipinski definition) is 1. The lowest BCUT2D eigenvalue weighted by Crippen LogP contribution is -2.32. The van der Waals surface area contributed by atoms with Crippen LogP contribution >= 0.6 is 0 Å². The maximum absolute atomic E-state index is 10.2. The van der Waals surface area contributed by atoms with Crippen molar-refractivity contribution in [3.05, 3.63) is 18.4 Å². The Labute approximate surface area is 51.3 Å². The second-order valence-electron chi connectivity index (χ2n) is 1.62. The van der Waals surface area contributed by atoms with Crippen LogP contribution in [0.1, 0.15) is 10.7 Å². The van der Waals surface area contributed by atoms with Crippen molar-refractivity contribution in [2.45, 2.75) is 0 Å². The van der Waals surface area contributed by atoms with Crippen LogP contribution in [0.25, 0.3) is 0 Å². The lowest BCUT2D eigenvalue weighted by atomic mass is 10.6. The van der Waals surface area contributed by atoms with E-state index in [-0.39, 0.29) is 5.89 Å². The molecule has 0 fully saturated rings. The summed E-state index contributed by atoms with van der Waals surface area (Å²) in [7, 11) is 1.60. The molecule has 0 amide bonds. The molecule has 0 saturated carbocycles. The lowest BCUT2D eigenvalue weighted by molar-refractivity contribution is -0.677. The van der Waals surface area contributed by atoms with Crippen molar-refractivity contribution in [1.82, 2.24) is 0 Å². The summed E-state index contributed by atoms with van der Waals surface area (Å²) in [5.41, 5.74) is 0. The smallest absolute Gasteiger partial charge is 0.460 e. The topological polar surface area (TPSA) is 54.3 Å². The molecule has 4 heteroatoms. The van der Waals surface area contributed by atoms with Gasteiger partial charge in [0.25, 0.3) is 0 Å². The average molecular weight is 128 g/mol. The van der Waals surface area contributed by atoms with E-state index >= 15 is 0 Å². The summed E-state index contributed by atoms with van der Waals surface area (Å²) >= 11 is 0. The van der Waals surface area contributed by atoms with Crippen molar-refractivity contribution >= 4 is 5.97 Å². The number of oxazole rings is 1. The molecular weight excluding hydrogens is 122 g/mol. The molecule has 0 radical (unpaired) electrons. The Bertz CT molecular complexity index is 228. The number of rotatable bonds is 1. The van der Waals surface area contributed by atoms with Crippen LogP contribution in [0.5, 0.6) is 0 Å². The van der Waals surface area contributed by atoms with Gasteiger partial charge in [0.2, 0.25) is 6.20 Å². The molecule has 0 saturated heterocycles. The Hall–Kier alpha value is -1.32. The quantitative estimate of drug-likeness (QED) is 0.533. The number of nitrogens with zero attached hydrogens (tertiary/aromatic N) is 1. The van der Waals surface area contributed by atoms with Gasteiger partial charge in [-0.2, -0.15) is 4.57 Å². The van der Waals surface area contributed by atoms with E-state index in [1.165, 1.54) is 17.0 Å². The fraction of sp³-hybridized carbons (Fsp3) is 0.200. The Morgan fingerprint density at radius 2 is 2.56 bits per heavy atom. The van der Waals surface area contributed by atoms with Gasteiger partial charge in [0.1, 0.15) is 7.05 Å². The third-order valence-electron chi connectivity index (χ3n) is 0.967. The summed E-state index contributed by atoms with van der Waals surface area (Å²) in [4.78, 5) is 10.2. The van der Waals surface area contributed by atoms with Crippen LogP contribution in [0.3, 0.4) is 0 Å². The summed E-state index contributed by atoms with van der Waals surface area (Å²) < 4.78 is 5.98. The molecule has 1 heterocycles. The van der Waals surface area contributed by atoms with Crippen molar-refractivity contribution in [3.8, 4) is 0 Å². The molecule has 1 aromatic rings. The summed E-state index contributed by atoms with van der Waals surface area (Å²) in [6.07, 6.45) is 2.85. The third-order valence-corrected chi connectivity index (χ3v) is 0.967. The van der Waals surface area contributed by atoms with Gasteiger partial charge in [-0.15, -0.1) is 0 Å². The molecule has 48 valence electrons. The predicted octanol–water partition coefficient (Wildman–Crippen LogP) is -0.198. The Morgan fingerprint density at radius 1 is 1.89 bits per heavy atom. The maximum atomic E-state index is 10.2. The minimum Gasteiger partial charge on any atom is -0.471 e. The predicted molar refractivity (Wildman–Crippen MR) is 26.8 cm³/mol. The second-order valence-corrected chi connectivity index (χ2v) is 1.62. The van der Waals surface area contributed by atoms with Crippen LogP contribution in [0.15, 0.2) is 16.9 Å². The van der Waals surface area contributed by atoms with Crippen LogP contribution < -0.4 is 4.57 Å². The van der Waals surface area contributed by atoms with Crippen LogP contribution in [0, 0.1) is 0 Å². The minimum absolute atomic E-state index is 0.0602. The molecule has 0 spiro atoms. The standard InChI is InChI=1S/C5H5NO3/c1-6-2-3-9-4(6)5(7)8/h2-3H,1H3/p+1. The van der Waals surface area contributed by atoms with Gasteiger partial charge in [-0.05, 0) is 0 Å². The number of carboxylic acid groups (broad SMARTS) is 1. The van der Waals surface area contributed by atoms with E-state index in [1.54, 1.807) is 7.05 Å². The zero-order chi connectivity index (χ0) is 6.85. The molecule has 9 heavy (non-hydrogen) atoms. The Morgan fingerprint density at radius 3 is 2.78 bits per heavy atom. The average Bonchev–Trinajstić information content (AvgIpc) is 2.13. The molecule has 1 rings (SSSR count). The summed E-state index contributed by atoms with van der Waals surface area (Å²) in [6.45, 7) is 0. The first kappa shape index (κ1) is 5.81. The van der Waals surface area contributed by atoms with Gasteiger partial charge in [-0.25, -0.2) is 4.79 Å². The monoisotopic (exact) mass is 128 g/mol. The van der Waals surface area contributed by atoms with E-state index in [9.17, 15) is 4.79 Å². The van der Waals surface area contributed by atoms with E-state index in [0.29, 0.717) is 0 Å². The number of aromatic carboxylic acids is 1. The zero-order valence-corrected chi connectivity index (χ0v) is 4.87. The lowest BCUT2D eigenvalue weighted by Gasteiger charge is -1.78. The molecule has 1 N–H and O–H groups in total. The van der Waals surface area contributed by atoms with E-state index in [4.69, 9.17) is 5.11 Å². The highest BCUT2D eigenvalue weighted by atomic mass is 16.4. The van der Waals surface area contributed by atoms with Crippen LogP contribution in [0.4, 0.5) is 0 Å². The van der Waals surface area contributed by atoms with Crippen molar-refractivity contribution < 1.29 is 18.9 Å². The first-order valence-electron chi connectivity index (χ1n) is 2.38. The molecule has 4 nitrogen and oxygen atoms in total. The summed E-state index contributed by atoms with van der Waals surface area (Å²) in [5.74, 6) is -1.11. The highest BCUT2D eigenvalue weighted by Crippen LogP contribution is 1.88. The molecular formula is C5H6NO3+. The molecule has 0 aliphatic carbocycles. The SMILES string of the molecule is C[n+]1ccoc1C(=O)O. The molecule has 0 bridgehead atoms. The first-order valence-corrected chi connectivity index (χ1v) is 2.38. The van der Waals surface area contributed by atoms with Crippen molar-refractivity contribution in [1.29, 1.82) is 0 Å². The Kier molecular flexibility index (Phi) is 1.22.